The second kappa shape index (κ2) is 6.84. The molecule has 6 nitrogen and oxygen atoms in total. The average molecular weight is 365 g/mol. The quantitative estimate of drug-likeness (QED) is 0.781. The fourth-order valence-corrected chi connectivity index (χ4v) is 3.52. The summed E-state index contributed by atoms with van der Waals surface area (Å²) in [6, 6.07) is 3.94. The summed E-state index contributed by atoms with van der Waals surface area (Å²) in [7, 11) is 0. The molecule has 1 spiro atoms. The first-order valence-electron chi connectivity index (χ1n) is 9.15. The van der Waals surface area contributed by atoms with Crippen LogP contribution in [0, 0.1) is 25.7 Å². The molecule has 1 unspecified atom stereocenters. The van der Waals surface area contributed by atoms with E-state index >= 15 is 0 Å². The molecule has 0 aromatic carbocycles. The van der Waals surface area contributed by atoms with Crippen LogP contribution in [0.2, 0.25) is 0 Å². The molecule has 2 aromatic heterocycles. The summed E-state index contributed by atoms with van der Waals surface area (Å²) in [5.41, 5.74) is 3.94. The van der Waals surface area contributed by atoms with Crippen molar-refractivity contribution in [2.45, 2.75) is 32.4 Å². The first-order valence-corrected chi connectivity index (χ1v) is 9.15. The van der Waals surface area contributed by atoms with E-state index in [1.165, 1.54) is 0 Å². The second-order valence-corrected chi connectivity index (χ2v) is 7.25. The van der Waals surface area contributed by atoms with Gasteiger partial charge in [-0.05, 0) is 38.5 Å². The molecule has 6 heteroatoms. The standard InChI is InChI=1S/C21H23N3O3/c1-14-8-17(10-22-15(14)2)4-5-18-9-19(20(25)23-11-18)24-6-7-27-21(16(24)3)12-26-13-21/h8-11,16H,6-7,12-13H2,1-3H3,(H,23,25). The van der Waals surface area contributed by atoms with Crippen LogP contribution in [0.3, 0.4) is 0 Å². The maximum atomic E-state index is 12.5. The second-order valence-electron chi connectivity index (χ2n) is 7.25. The molecule has 1 N–H and O–H groups in total. The van der Waals surface area contributed by atoms with E-state index in [0.29, 0.717) is 32.1 Å². The lowest BCUT2D eigenvalue weighted by molar-refractivity contribution is -0.228. The Balaban J connectivity index is 1.63. The highest BCUT2D eigenvalue weighted by atomic mass is 16.6. The molecule has 140 valence electrons. The van der Waals surface area contributed by atoms with Crippen molar-refractivity contribution < 1.29 is 9.47 Å². The summed E-state index contributed by atoms with van der Waals surface area (Å²) in [5.74, 6) is 6.27. The van der Waals surface area contributed by atoms with Gasteiger partial charge in [0.05, 0.1) is 25.9 Å². The first-order chi connectivity index (χ1) is 13.0. The largest absolute Gasteiger partial charge is 0.375 e. The molecule has 4 heterocycles. The van der Waals surface area contributed by atoms with Gasteiger partial charge in [-0.15, -0.1) is 0 Å². The molecule has 0 radical (unpaired) electrons. The lowest BCUT2D eigenvalue weighted by Crippen LogP contribution is -2.68. The van der Waals surface area contributed by atoms with Crippen molar-refractivity contribution in [3.8, 4) is 11.8 Å². The van der Waals surface area contributed by atoms with Crippen LogP contribution in [0.4, 0.5) is 5.69 Å². The number of ether oxygens (including phenoxy) is 2. The smallest absolute Gasteiger partial charge is 0.271 e. The Hall–Kier alpha value is -2.62. The monoisotopic (exact) mass is 365 g/mol. The van der Waals surface area contributed by atoms with E-state index in [0.717, 1.165) is 22.4 Å². The average Bonchev–Trinajstić information content (AvgIpc) is 2.63. The molecule has 0 aliphatic carbocycles. The Bertz CT molecular complexity index is 982. The fourth-order valence-electron chi connectivity index (χ4n) is 3.52. The predicted octanol–water partition coefficient (Wildman–Crippen LogP) is 1.78. The Morgan fingerprint density at radius 1 is 1.26 bits per heavy atom. The normalized spacial score (nSPS) is 20.7. The molecule has 2 aromatic rings. The Morgan fingerprint density at radius 2 is 2.04 bits per heavy atom. The molecule has 2 saturated heterocycles. The SMILES string of the molecule is Cc1cc(C#Cc2c[nH]c(=O)c(N3CCOC4(COC4)C3C)c2)cnc1C. The van der Waals surface area contributed by atoms with Gasteiger partial charge < -0.3 is 19.4 Å². The van der Waals surface area contributed by atoms with Gasteiger partial charge in [0.25, 0.3) is 5.56 Å². The van der Waals surface area contributed by atoms with E-state index in [4.69, 9.17) is 9.47 Å². The molecule has 1 atom stereocenters. The van der Waals surface area contributed by atoms with E-state index in [9.17, 15) is 4.79 Å². The number of rotatable bonds is 1. The summed E-state index contributed by atoms with van der Waals surface area (Å²) >= 11 is 0. The highest BCUT2D eigenvalue weighted by Crippen LogP contribution is 2.34. The van der Waals surface area contributed by atoms with E-state index < -0.39 is 0 Å². The number of morpholine rings is 1. The number of hydrogen-bond acceptors (Lipinski definition) is 5. The summed E-state index contributed by atoms with van der Waals surface area (Å²) in [5, 5.41) is 0. The lowest BCUT2D eigenvalue weighted by Gasteiger charge is -2.53. The molecule has 4 rings (SSSR count). The van der Waals surface area contributed by atoms with Crippen molar-refractivity contribution in [3.05, 3.63) is 57.3 Å². The van der Waals surface area contributed by atoms with Crippen LogP contribution in [-0.4, -0.2) is 48.0 Å². The zero-order valence-corrected chi connectivity index (χ0v) is 15.8. The van der Waals surface area contributed by atoms with Gasteiger partial charge in [0.2, 0.25) is 0 Å². The van der Waals surface area contributed by atoms with Crippen LogP contribution in [0.25, 0.3) is 0 Å². The molecule has 2 aliphatic heterocycles. The summed E-state index contributed by atoms with van der Waals surface area (Å²) in [4.78, 5) is 21.7. The van der Waals surface area contributed by atoms with Gasteiger partial charge in [0, 0.05) is 35.8 Å². The highest BCUT2D eigenvalue weighted by molar-refractivity contribution is 5.53. The van der Waals surface area contributed by atoms with Gasteiger partial charge in [0.15, 0.2) is 0 Å². The van der Waals surface area contributed by atoms with Crippen molar-refractivity contribution in [1.82, 2.24) is 9.97 Å². The number of H-pyrrole nitrogens is 1. The number of aromatic nitrogens is 2. The molecule has 0 amide bonds. The van der Waals surface area contributed by atoms with Crippen molar-refractivity contribution >= 4 is 5.69 Å². The molecule has 2 aliphatic rings. The predicted molar refractivity (Wildman–Crippen MR) is 103 cm³/mol. The minimum absolute atomic E-state index is 0.0632. The number of hydrogen-bond donors (Lipinski definition) is 1. The minimum atomic E-state index is -0.308. The summed E-state index contributed by atoms with van der Waals surface area (Å²) in [6.45, 7) is 8.47. The maximum Gasteiger partial charge on any atom is 0.271 e. The van der Waals surface area contributed by atoms with Gasteiger partial charge in [-0.1, -0.05) is 11.8 Å². The number of aryl methyl sites for hydroxylation is 2. The topological polar surface area (TPSA) is 67.5 Å². The Morgan fingerprint density at radius 3 is 2.74 bits per heavy atom. The molecule has 27 heavy (non-hydrogen) atoms. The van der Waals surface area contributed by atoms with E-state index in [1.807, 2.05) is 26.0 Å². The Kier molecular flexibility index (Phi) is 4.50. The third-order valence-electron chi connectivity index (χ3n) is 5.53. The number of aromatic amines is 1. The van der Waals surface area contributed by atoms with Gasteiger partial charge in [-0.25, -0.2) is 0 Å². The van der Waals surface area contributed by atoms with E-state index in [2.05, 4.69) is 33.6 Å². The first kappa shape index (κ1) is 17.8. The lowest BCUT2D eigenvalue weighted by atomic mass is 9.90. The van der Waals surface area contributed by atoms with Crippen molar-refractivity contribution in [1.29, 1.82) is 0 Å². The zero-order chi connectivity index (χ0) is 19.0. The van der Waals surface area contributed by atoms with Crippen LogP contribution in [-0.2, 0) is 9.47 Å². The number of nitrogens with one attached hydrogen (secondary N) is 1. The van der Waals surface area contributed by atoms with Gasteiger partial charge >= 0.3 is 0 Å². The van der Waals surface area contributed by atoms with Crippen LogP contribution >= 0.6 is 0 Å². The van der Waals surface area contributed by atoms with E-state index in [1.54, 1.807) is 12.4 Å². The van der Waals surface area contributed by atoms with Gasteiger partial charge in [-0.3, -0.25) is 9.78 Å². The summed E-state index contributed by atoms with van der Waals surface area (Å²) in [6.07, 6.45) is 3.42. The maximum absolute atomic E-state index is 12.5. The zero-order valence-electron chi connectivity index (χ0n) is 15.8. The number of nitrogens with zero attached hydrogens (tertiary/aromatic N) is 2. The number of anilines is 1. The molecular weight excluding hydrogens is 342 g/mol. The van der Waals surface area contributed by atoms with E-state index in [-0.39, 0.29) is 17.2 Å². The summed E-state index contributed by atoms with van der Waals surface area (Å²) < 4.78 is 11.3. The van der Waals surface area contributed by atoms with Gasteiger partial charge in [0.1, 0.15) is 11.3 Å². The van der Waals surface area contributed by atoms with Crippen molar-refractivity contribution in [2.24, 2.45) is 0 Å². The van der Waals surface area contributed by atoms with Crippen LogP contribution in [0.1, 0.15) is 29.3 Å². The third kappa shape index (κ3) is 3.25. The highest BCUT2D eigenvalue weighted by Gasteiger charge is 2.50. The van der Waals surface area contributed by atoms with Gasteiger partial charge in [-0.2, -0.15) is 0 Å². The third-order valence-corrected chi connectivity index (χ3v) is 5.53. The molecular formula is C21H23N3O3. The fraction of sp³-hybridized carbons (Fsp3) is 0.429. The Labute approximate surface area is 158 Å². The van der Waals surface area contributed by atoms with Crippen LogP contribution < -0.4 is 10.5 Å². The molecule has 2 fully saturated rings. The minimum Gasteiger partial charge on any atom is -0.375 e. The van der Waals surface area contributed by atoms with Crippen LogP contribution in [0.15, 0.2) is 29.3 Å². The van der Waals surface area contributed by atoms with Crippen molar-refractivity contribution in [3.63, 3.8) is 0 Å². The van der Waals surface area contributed by atoms with Crippen molar-refractivity contribution in [2.75, 3.05) is 31.3 Å². The van der Waals surface area contributed by atoms with Crippen LogP contribution in [0.5, 0.6) is 0 Å². The molecule has 0 bridgehead atoms. The molecule has 0 saturated carbocycles. The number of pyridine rings is 2.